The Balaban J connectivity index is 1.99. The summed E-state index contributed by atoms with van der Waals surface area (Å²) >= 11 is 0. The van der Waals surface area contributed by atoms with Crippen molar-refractivity contribution in [3.63, 3.8) is 0 Å². The Labute approximate surface area is 117 Å². The Hall–Kier alpha value is -2.53. The number of pyridine rings is 1. The summed E-state index contributed by atoms with van der Waals surface area (Å²) in [5.74, 6) is -0.328. The molecule has 0 saturated heterocycles. The van der Waals surface area contributed by atoms with Crippen LogP contribution in [0.4, 0.5) is 0 Å². The first-order valence-electron chi connectivity index (χ1n) is 6.13. The molecular weight excluding hydrogens is 254 g/mol. The van der Waals surface area contributed by atoms with Crippen LogP contribution in [0.15, 0.2) is 59.8 Å². The Morgan fingerprint density at radius 3 is 2.65 bits per heavy atom. The number of hydrogen-bond donors (Lipinski definition) is 1. The maximum Gasteiger partial charge on any atom is 0.273 e. The van der Waals surface area contributed by atoms with Gasteiger partial charge in [-0.05, 0) is 17.7 Å². The maximum atomic E-state index is 12.0. The van der Waals surface area contributed by atoms with Gasteiger partial charge in [-0.2, -0.15) is 5.10 Å². The normalized spacial score (nSPS) is 12.2. The van der Waals surface area contributed by atoms with Crippen molar-refractivity contribution in [3.8, 4) is 0 Å². The number of amides is 1. The van der Waals surface area contributed by atoms with Gasteiger partial charge in [0.15, 0.2) is 6.10 Å². The minimum Gasteiger partial charge on any atom is -0.367 e. The molecule has 2 rings (SSSR count). The molecule has 102 valence electrons. The molecule has 0 unspecified atom stereocenters. The molecule has 2 aromatic rings. The standard InChI is InChI=1S/C15H15N3O2/c1-20-14(12-7-3-2-4-8-12)15(19)18-17-11-13-9-5-6-10-16-13/h2-11,14H,1H3,(H,18,19)/b17-11-/t14-/m1/s1. The van der Waals surface area contributed by atoms with E-state index in [-0.39, 0.29) is 5.91 Å². The number of carbonyl (C=O) groups is 1. The molecule has 20 heavy (non-hydrogen) atoms. The highest BCUT2D eigenvalue weighted by atomic mass is 16.5. The van der Waals surface area contributed by atoms with Gasteiger partial charge in [-0.1, -0.05) is 36.4 Å². The molecule has 1 N–H and O–H groups in total. The van der Waals surface area contributed by atoms with E-state index < -0.39 is 6.10 Å². The molecule has 0 aliphatic heterocycles. The minimum atomic E-state index is -0.683. The molecule has 0 bridgehead atoms. The first kappa shape index (κ1) is 13.9. The van der Waals surface area contributed by atoms with Crippen molar-refractivity contribution >= 4 is 12.1 Å². The molecule has 0 saturated carbocycles. The average molecular weight is 269 g/mol. The summed E-state index contributed by atoms with van der Waals surface area (Å²) in [6, 6.07) is 14.7. The maximum absolute atomic E-state index is 12.0. The molecule has 5 nitrogen and oxygen atoms in total. The molecule has 1 atom stereocenters. The number of hydrazone groups is 1. The van der Waals surface area contributed by atoms with Crippen LogP contribution in [0.2, 0.25) is 0 Å². The molecule has 1 amide bonds. The zero-order chi connectivity index (χ0) is 14.2. The molecule has 1 aromatic carbocycles. The molecule has 0 spiro atoms. The summed E-state index contributed by atoms with van der Waals surface area (Å²) in [6.45, 7) is 0. The summed E-state index contributed by atoms with van der Waals surface area (Å²) in [6.07, 6.45) is 2.46. The third-order valence-electron chi connectivity index (χ3n) is 2.64. The van der Waals surface area contributed by atoms with Crippen molar-refractivity contribution in [2.24, 2.45) is 5.10 Å². The number of hydrogen-bond acceptors (Lipinski definition) is 4. The van der Waals surface area contributed by atoms with Crippen LogP contribution in [-0.2, 0) is 9.53 Å². The van der Waals surface area contributed by atoms with E-state index in [4.69, 9.17) is 4.74 Å². The second-order valence-corrected chi connectivity index (χ2v) is 4.02. The monoisotopic (exact) mass is 269 g/mol. The van der Waals surface area contributed by atoms with E-state index in [0.717, 1.165) is 5.56 Å². The fourth-order valence-electron chi connectivity index (χ4n) is 1.70. The molecule has 0 fully saturated rings. The second kappa shape index (κ2) is 7.16. The topological polar surface area (TPSA) is 63.6 Å². The Morgan fingerprint density at radius 2 is 2.00 bits per heavy atom. The predicted molar refractivity (Wildman–Crippen MR) is 76.2 cm³/mol. The zero-order valence-electron chi connectivity index (χ0n) is 11.1. The number of nitrogens with zero attached hydrogens (tertiary/aromatic N) is 2. The molecule has 1 heterocycles. The van der Waals surface area contributed by atoms with E-state index in [1.807, 2.05) is 42.5 Å². The van der Waals surface area contributed by atoms with Crippen molar-refractivity contribution in [2.75, 3.05) is 7.11 Å². The lowest BCUT2D eigenvalue weighted by atomic mass is 10.1. The van der Waals surface area contributed by atoms with E-state index >= 15 is 0 Å². The molecule has 0 radical (unpaired) electrons. The lowest BCUT2D eigenvalue weighted by molar-refractivity contribution is -0.131. The number of methoxy groups -OCH3 is 1. The average Bonchev–Trinajstić information content (AvgIpc) is 2.50. The highest BCUT2D eigenvalue weighted by molar-refractivity contribution is 5.84. The summed E-state index contributed by atoms with van der Waals surface area (Å²) in [5, 5.41) is 3.87. The first-order chi connectivity index (χ1) is 9.81. The number of aromatic nitrogens is 1. The number of benzene rings is 1. The highest BCUT2D eigenvalue weighted by Crippen LogP contribution is 2.15. The van der Waals surface area contributed by atoms with E-state index in [0.29, 0.717) is 5.69 Å². The Kier molecular flexibility index (Phi) is 4.97. The van der Waals surface area contributed by atoms with Gasteiger partial charge < -0.3 is 4.74 Å². The van der Waals surface area contributed by atoms with E-state index in [1.54, 1.807) is 12.3 Å². The summed E-state index contributed by atoms with van der Waals surface area (Å²) in [7, 11) is 1.49. The molecule has 1 aromatic heterocycles. The second-order valence-electron chi connectivity index (χ2n) is 4.02. The van der Waals surface area contributed by atoms with Crippen molar-refractivity contribution in [1.82, 2.24) is 10.4 Å². The van der Waals surface area contributed by atoms with Crippen molar-refractivity contribution in [3.05, 3.63) is 66.0 Å². The summed E-state index contributed by atoms with van der Waals surface area (Å²) in [4.78, 5) is 16.1. The van der Waals surface area contributed by atoms with E-state index in [1.165, 1.54) is 13.3 Å². The van der Waals surface area contributed by atoms with Crippen LogP contribution in [0.25, 0.3) is 0 Å². The van der Waals surface area contributed by atoms with Gasteiger partial charge in [0.2, 0.25) is 0 Å². The van der Waals surface area contributed by atoms with Gasteiger partial charge in [-0.25, -0.2) is 5.43 Å². The van der Waals surface area contributed by atoms with Crippen LogP contribution in [0, 0.1) is 0 Å². The van der Waals surface area contributed by atoms with Crippen LogP contribution >= 0.6 is 0 Å². The predicted octanol–water partition coefficient (Wildman–Crippen LogP) is 1.92. The van der Waals surface area contributed by atoms with Crippen molar-refractivity contribution in [2.45, 2.75) is 6.10 Å². The van der Waals surface area contributed by atoms with Gasteiger partial charge in [-0.3, -0.25) is 9.78 Å². The third-order valence-corrected chi connectivity index (χ3v) is 2.64. The fraction of sp³-hybridized carbons (Fsp3) is 0.133. The number of ether oxygens (including phenoxy) is 1. The lowest BCUT2D eigenvalue weighted by Gasteiger charge is -2.13. The molecular formula is C15H15N3O2. The largest absolute Gasteiger partial charge is 0.367 e. The smallest absolute Gasteiger partial charge is 0.273 e. The van der Waals surface area contributed by atoms with Gasteiger partial charge in [0.1, 0.15) is 0 Å². The zero-order valence-corrected chi connectivity index (χ0v) is 11.1. The molecule has 0 aliphatic carbocycles. The van der Waals surface area contributed by atoms with Crippen LogP contribution in [0.1, 0.15) is 17.4 Å². The van der Waals surface area contributed by atoms with Gasteiger partial charge >= 0.3 is 0 Å². The Morgan fingerprint density at radius 1 is 1.25 bits per heavy atom. The first-order valence-corrected chi connectivity index (χ1v) is 6.13. The van der Waals surface area contributed by atoms with Gasteiger partial charge in [-0.15, -0.1) is 0 Å². The van der Waals surface area contributed by atoms with Crippen molar-refractivity contribution in [1.29, 1.82) is 0 Å². The van der Waals surface area contributed by atoms with Gasteiger partial charge in [0.25, 0.3) is 5.91 Å². The number of nitrogens with one attached hydrogen (secondary N) is 1. The summed E-state index contributed by atoms with van der Waals surface area (Å²) in [5.41, 5.74) is 3.89. The summed E-state index contributed by atoms with van der Waals surface area (Å²) < 4.78 is 5.20. The Bertz CT molecular complexity index is 570. The van der Waals surface area contributed by atoms with Crippen LogP contribution in [0.3, 0.4) is 0 Å². The van der Waals surface area contributed by atoms with Gasteiger partial charge in [0, 0.05) is 13.3 Å². The van der Waals surface area contributed by atoms with Gasteiger partial charge in [0.05, 0.1) is 11.9 Å². The lowest BCUT2D eigenvalue weighted by Crippen LogP contribution is -2.26. The van der Waals surface area contributed by atoms with Crippen LogP contribution < -0.4 is 5.43 Å². The molecule has 5 heteroatoms. The molecule has 0 aliphatic rings. The SMILES string of the molecule is CO[C@@H](C(=O)N/N=C\c1ccccn1)c1ccccc1. The van der Waals surface area contributed by atoms with Crippen LogP contribution in [0.5, 0.6) is 0 Å². The fourth-order valence-corrected chi connectivity index (χ4v) is 1.70. The van der Waals surface area contributed by atoms with Crippen molar-refractivity contribution < 1.29 is 9.53 Å². The highest BCUT2D eigenvalue weighted by Gasteiger charge is 2.18. The van der Waals surface area contributed by atoms with Crippen LogP contribution in [-0.4, -0.2) is 24.2 Å². The van der Waals surface area contributed by atoms with E-state index in [9.17, 15) is 4.79 Å². The van der Waals surface area contributed by atoms with E-state index in [2.05, 4.69) is 15.5 Å². The number of carbonyl (C=O) groups excluding carboxylic acids is 1. The minimum absolute atomic E-state index is 0.328. The quantitative estimate of drug-likeness (QED) is 0.666. The third kappa shape index (κ3) is 3.73. The number of rotatable bonds is 5.